The standard InChI is InChI=1S/C23H31N3O/c1-16(2)20-11-7-8-12-22(20)25-23(27)17(3)26-14-19(13-24)21(15-26)18-9-5-4-6-10-18/h4-12,16-17,19,21H,13-15,24H2,1-3H3,(H,25,27)/t17?,19-,21+/m1/s1. The fourth-order valence-electron chi connectivity index (χ4n) is 4.05. The van der Waals surface area contributed by atoms with E-state index in [1.165, 1.54) is 11.1 Å². The van der Waals surface area contributed by atoms with Crippen molar-refractivity contribution in [3.63, 3.8) is 0 Å². The fourth-order valence-corrected chi connectivity index (χ4v) is 4.05. The molecule has 0 saturated carbocycles. The lowest BCUT2D eigenvalue weighted by Crippen LogP contribution is -2.41. The van der Waals surface area contributed by atoms with Crippen LogP contribution in [0.4, 0.5) is 5.69 Å². The maximum Gasteiger partial charge on any atom is 0.241 e. The molecule has 1 amide bonds. The summed E-state index contributed by atoms with van der Waals surface area (Å²) < 4.78 is 0. The van der Waals surface area contributed by atoms with Crippen molar-refractivity contribution < 1.29 is 4.79 Å². The lowest BCUT2D eigenvalue weighted by Gasteiger charge is -2.24. The molecule has 144 valence electrons. The zero-order valence-electron chi connectivity index (χ0n) is 16.6. The molecule has 0 aliphatic carbocycles. The van der Waals surface area contributed by atoms with Crippen molar-refractivity contribution in [3.05, 3.63) is 65.7 Å². The average Bonchev–Trinajstić information content (AvgIpc) is 3.12. The Labute approximate surface area is 162 Å². The Bertz CT molecular complexity index is 759. The van der Waals surface area contributed by atoms with Gasteiger partial charge in [0, 0.05) is 24.7 Å². The molecular formula is C23H31N3O. The van der Waals surface area contributed by atoms with Gasteiger partial charge in [-0.25, -0.2) is 0 Å². The minimum Gasteiger partial charge on any atom is -0.330 e. The van der Waals surface area contributed by atoms with Gasteiger partial charge in [0.1, 0.15) is 0 Å². The molecule has 4 nitrogen and oxygen atoms in total. The molecule has 3 rings (SSSR count). The van der Waals surface area contributed by atoms with Crippen LogP contribution in [0.5, 0.6) is 0 Å². The van der Waals surface area contributed by atoms with Crippen LogP contribution in [0, 0.1) is 5.92 Å². The SMILES string of the molecule is CC(C)c1ccccc1NC(=O)C(C)N1C[C@@H](CN)[C@H](c2ccccc2)C1. The molecule has 1 fully saturated rings. The van der Waals surface area contributed by atoms with Crippen molar-refractivity contribution in [1.29, 1.82) is 0 Å². The fraction of sp³-hybridized carbons (Fsp3) is 0.435. The normalized spacial score (nSPS) is 21.4. The summed E-state index contributed by atoms with van der Waals surface area (Å²) in [7, 11) is 0. The van der Waals surface area contributed by atoms with Gasteiger partial charge in [-0.1, -0.05) is 62.4 Å². The van der Waals surface area contributed by atoms with Crippen LogP contribution in [0.3, 0.4) is 0 Å². The van der Waals surface area contributed by atoms with E-state index in [1.54, 1.807) is 0 Å². The van der Waals surface area contributed by atoms with Crippen molar-refractivity contribution in [2.45, 2.75) is 38.6 Å². The minimum atomic E-state index is -0.187. The van der Waals surface area contributed by atoms with Crippen molar-refractivity contribution in [3.8, 4) is 0 Å². The molecule has 1 aliphatic heterocycles. The third kappa shape index (κ3) is 4.40. The number of rotatable bonds is 6. The van der Waals surface area contributed by atoms with E-state index >= 15 is 0 Å². The Morgan fingerprint density at radius 1 is 1.07 bits per heavy atom. The molecule has 1 heterocycles. The number of anilines is 1. The van der Waals surface area contributed by atoms with Gasteiger partial charge >= 0.3 is 0 Å². The first-order chi connectivity index (χ1) is 13.0. The van der Waals surface area contributed by atoms with Crippen LogP contribution in [-0.2, 0) is 4.79 Å². The Hall–Kier alpha value is -2.17. The third-order valence-corrected chi connectivity index (χ3v) is 5.77. The smallest absolute Gasteiger partial charge is 0.241 e. The summed E-state index contributed by atoms with van der Waals surface area (Å²) in [6, 6.07) is 18.4. The van der Waals surface area contributed by atoms with Gasteiger partial charge in [-0.15, -0.1) is 0 Å². The molecule has 2 aromatic rings. The number of benzene rings is 2. The first-order valence-electron chi connectivity index (χ1n) is 9.90. The number of amides is 1. The van der Waals surface area contributed by atoms with Gasteiger partial charge in [-0.2, -0.15) is 0 Å². The van der Waals surface area contributed by atoms with Gasteiger partial charge in [0.25, 0.3) is 0 Å². The molecule has 4 heteroatoms. The predicted molar refractivity (Wildman–Crippen MR) is 112 cm³/mol. The van der Waals surface area contributed by atoms with Gasteiger partial charge in [-0.05, 0) is 42.5 Å². The van der Waals surface area contributed by atoms with E-state index < -0.39 is 0 Å². The van der Waals surface area contributed by atoms with Gasteiger partial charge in [0.05, 0.1) is 6.04 Å². The molecular weight excluding hydrogens is 334 g/mol. The Kier molecular flexibility index (Phi) is 6.30. The van der Waals surface area contributed by atoms with Gasteiger partial charge in [0.2, 0.25) is 5.91 Å². The summed E-state index contributed by atoms with van der Waals surface area (Å²) in [5.74, 6) is 1.18. The highest BCUT2D eigenvalue weighted by molar-refractivity contribution is 5.95. The lowest BCUT2D eigenvalue weighted by molar-refractivity contribution is -0.120. The van der Waals surface area contributed by atoms with Gasteiger partial charge in [0.15, 0.2) is 0 Å². The van der Waals surface area contributed by atoms with Gasteiger partial charge in [-0.3, -0.25) is 9.69 Å². The molecule has 2 aromatic carbocycles. The molecule has 3 N–H and O–H groups in total. The average molecular weight is 366 g/mol. The summed E-state index contributed by atoms with van der Waals surface area (Å²) in [6.07, 6.45) is 0. The van der Waals surface area contributed by atoms with Crippen LogP contribution in [-0.4, -0.2) is 36.5 Å². The molecule has 1 unspecified atom stereocenters. The minimum absolute atomic E-state index is 0.0487. The highest BCUT2D eigenvalue weighted by Gasteiger charge is 2.36. The monoisotopic (exact) mass is 365 g/mol. The summed E-state index contributed by atoms with van der Waals surface area (Å²) in [5.41, 5.74) is 9.45. The highest BCUT2D eigenvalue weighted by atomic mass is 16.2. The molecule has 0 aromatic heterocycles. The van der Waals surface area contributed by atoms with Crippen LogP contribution in [0.1, 0.15) is 43.7 Å². The van der Waals surface area contributed by atoms with E-state index in [9.17, 15) is 4.79 Å². The number of carbonyl (C=O) groups is 1. The first-order valence-corrected chi connectivity index (χ1v) is 9.90. The Morgan fingerprint density at radius 3 is 2.41 bits per heavy atom. The van der Waals surface area contributed by atoms with Crippen molar-refractivity contribution in [2.75, 3.05) is 25.0 Å². The number of hydrogen-bond donors (Lipinski definition) is 2. The highest BCUT2D eigenvalue weighted by Crippen LogP contribution is 2.33. The second-order valence-electron chi connectivity index (χ2n) is 7.87. The third-order valence-electron chi connectivity index (χ3n) is 5.77. The molecule has 1 aliphatic rings. The Morgan fingerprint density at radius 2 is 1.74 bits per heavy atom. The molecule has 0 radical (unpaired) electrons. The van der Waals surface area contributed by atoms with Crippen LogP contribution in [0.2, 0.25) is 0 Å². The molecule has 27 heavy (non-hydrogen) atoms. The molecule has 3 atom stereocenters. The maximum absolute atomic E-state index is 12.9. The number of likely N-dealkylation sites (tertiary alicyclic amines) is 1. The zero-order chi connectivity index (χ0) is 19.4. The van der Waals surface area contributed by atoms with E-state index in [4.69, 9.17) is 5.73 Å². The summed E-state index contributed by atoms with van der Waals surface area (Å²) in [5, 5.41) is 3.14. The van der Waals surface area contributed by atoms with E-state index in [-0.39, 0.29) is 11.9 Å². The summed E-state index contributed by atoms with van der Waals surface area (Å²) in [4.78, 5) is 15.2. The van der Waals surface area contributed by atoms with Crippen LogP contribution < -0.4 is 11.1 Å². The predicted octanol–water partition coefficient (Wildman–Crippen LogP) is 3.81. The van der Waals surface area contributed by atoms with Crippen LogP contribution in [0.25, 0.3) is 0 Å². The second kappa shape index (κ2) is 8.68. The largest absolute Gasteiger partial charge is 0.330 e. The maximum atomic E-state index is 12.9. The number of nitrogens with two attached hydrogens (primary N) is 1. The molecule has 0 spiro atoms. The zero-order valence-corrected chi connectivity index (χ0v) is 16.6. The molecule has 0 bridgehead atoms. The Balaban J connectivity index is 1.71. The van der Waals surface area contributed by atoms with Crippen LogP contribution in [0.15, 0.2) is 54.6 Å². The van der Waals surface area contributed by atoms with E-state index in [0.29, 0.717) is 24.3 Å². The number of para-hydroxylation sites is 1. The number of nitrogens with zero attached hydrogens (tertiary/aromatic N) is 1. The quantitative estimate of drug-likeness (QED) is 0.818. The van der Waals surface area contributed by atoms with E-state index in [2.05, 4.69) is 54.4 Å². The van der Waals surface area contributed by atoms with E-state index in [1.807, 2.05) is 31.2 Å². The first kappa shape index (κ1) is 19.6. The van der Waals surface area contributed by atoms with Gasteiger partial charge < -0.3 is 11.1 Å². The summed E-state index contributed by atoms with van der Waals surface area (Å²) in [6.45, 7) is 8.65. The van der Waals surface area contributed by atoms with Crippen molar-refractivity contribution >= 4 is 11.6 Å². The number of carbonyl (C=O) groups excluding carboxylic acids is 1. The topological polar surface area (TPSA) is 58.4 Å². The van der Waals surface area contributed by atoms with Crippen molar-refractivity contribution in [2.24, 2.45) is 11.7 Å². The molecule has 1 saturated heterocycles. The second-order valence-corrected chi connectivity index (χ2v) is 7.87. The summed E-state index contributed by atoms with van der Waals surface area (Å²) >= 11 is 0. The van der Waals surface area contributed by atoms with E-state index in [0.717, 1.165) is 18.8 Å². The van der Waals surface area contributed by atoms with Crippen molar-refractivity contribution in [1.82, 2.24) is 4.90 Å². The number of nitrogens with one attached hydrogen (secondary N) is 1. The number of hydrogen-bond acceptors (Lipinski definition) is 3. The lowest BCUT2D eigenvalue weighted by atomic mass is 9.89. The van der Waals surface area contributed by atoms with Crippen LogP contribution >= 0.6 is 0 Å².